The lowest BCUT2D eigenvalue weighted by Crippen LogP contribution is -1.94. The summed E-state index contributed by atoms with van der Waals surface area (Å²) < 4.78 is 0. The zero-order valence-corrected chi connectivity index (χ0v) is 10.8. The van der Waals surface area contributed by atoms with Crippen LogP contribution >= 0.6 is 0 Å². The normalized spacial score (nSPS) is 31.9. The highest BCUT2D eigenvalue weighted by Crippen LogP contribution is 2.42. The van der Waals surface area contributed by atoms with Crippen LogP contribution in [-0.4, -0.2) is 11.1 Å². The van der Waals surface area contributed by atoms with Crippen LogP contribution in [0.1, 0.15) is 47.0 Å². The molecule has 0 aliphatic heterocycles. The van der Waals surface area contributed by atoms with Gasteiger partial charge in [-0.15, -0.1) is 0 Å². The lowest BCUT2D eigenvalue weighted by molar-refractivity contribution is -0.136. The van der Waals surface area contributed by atoms with Gasteiger partial charge in [0, 0.05) is 0 Å². The summed E-state index contributed by atoms with van der Waals surface area (Å²) in [6.45, 7) is 8.84. The van der Waals surface area contributed by atoms with Crippen molar-refractivity contribution in [2.75, 3.05) is 0 Å². The first-order chi connectivity index (χ1) is 7.40. The van der Waals surface area contributed by atoms with Crippen LogP contribution in [0.2, 0.25) is 0 Å². The number of carboxylic acids is 1. The molecule has 3 unspecified atom stereocenters. The number of aliphatic carboxylic acids is 1. The summed E-state index contributed by atoms with van der Waals surface area (Å²) in [5.74, 6) is 3.60. The van der Waals surface area contributed by atoms with Gasteiger partial charge in [-0.1, -0.05) is 27.7 Å². The molecule has 16 heavy (non-hydrogen) atoms. The molecule has 0 spiro atoms. The molecule has 2 heteroatoms. The van der Waals surface area contributed by atoms with Gasteiger partial charge in [0.15, 0.2) is 0 Å². The van der Waals surface area contributed by atoms with Crippen LogP contribution in [0.15, 0.2) is 0 Å². The predicted octanol–water partition coefficient (Wildman–Crippen LogP) is 3.46. The molecule has 1 N–H and O–H groups in total. The van der Waals surface area contributed by atoms with Crippen molar-refractivity contribution in [2.24, 2.45) is 23.7 Å². The Balaban J connectivity index is 0.000000160. The summed E-state index contributed by atoms with van der Waals surface area (Å²) in [7, 11) is 0. The maximum absolute atomic E-state index is 9.97. The minimum Gasteiger partial charge on any atom is -0.481 e. The second-order valence-electron chi connectivity index (χ2n) is 5.53. The van der Waals surface area contributed by atoms with Crippen LogP contribution in [0.5, 0.6) is 0 Å². The number of hydrogen-bond acceptors (Lipinski definition) is 1. The summed E-state index contributed by atoms with van der Waals surface area (Å²) in [5.41, 5.74) is 0. The molecule has 0 aromatic heterocycles. The molecular formula is C14H23O2. The van der Waals surface area contributed by atoms with Gasteiger partial charge in [-0.2, -0.15) is 0 Å². The van der Waals surface area contributed by atoms with E-state index in [4.69, 9.17) is 5.11 Å². The summed E-state index contributed by atoms with van der Waals surface area (Å²) in [5, 5.41) is 8.22. The van der Waals surface area contributed by atoms with Gasteiger partial charge >= 0.3 is 5.97 Å². The van der Waals surface area contributed by atoms with E-state index < -0.39 is 5.97 Å². The Bertz CT molecular complexity index is 235. The van der Waals surface area contributed by atoms with Crippen molar-refractivity contribution in [3.63, 3.8) is 0 Å². The molecule has 0 amide bonds. The first-order valence-corrected chi connectivity index (χ1v) is 6.22. The third-order valence-corrected chi connectivity index (χ3v) is 3.18. The van der Waals surface area contributed by atoms with Crippen molar-refractivity contribution in [3.8, 4) is 0 Å². The van der Waals surface area contributed by atoms with E-state index in [1.807, 2.05) is 0 Å². The van der Waals surface area contributed by atoms with E-state index in [0.29, 0.717) is 12.3 Å². The SMILES string of the molecule is CC(C)CC1[C]C1C.CC1C[C]1CC(=O)O. The number of carbonyl (C=O) groups is 1. The van der Waals surface area contributed by atoms with E-state index in [9.17, 15) is 4.79 Å². The fraction of sp³-hybridized carbons (Fsp3) is 0.786. The van der Waals surface area contributed by atoms with Gasteiger partial charge in [-0.25, -0.2) is 0 Å². The summed E-state index contributed by atoms with van der Waals surface area (Å²) in [4.78, 5) is 9.97. The lowest BCUT2D eigenvalue weighted by Gasteiger charge is -1.99. The van der Waals surface area contributed by atoms with Gasteiger partial charge in [0.25, 0.3) is 0 Å². The highest BCUT2D eigenvalue weighted by molar-refractivity contribution is 5.70. The molecule has 0 saturated heterocycles. The third-order valence-electron chi connectivity index (χ3n) is 3.18. The summed E-state index contributed by atoms with van der Waals surface area (Å²) in [6, 6.07) is 0. The van der Waals surface area contributed by atoms with Crippen LogP contribution in [0, 0.1) is 36.0 Å². The van der Waals surface area contributed by atoms with Gasteiger partial charge < -0.3 is 5.11 Å². The van der Waals surface area contributed by atoms with Crippen molar-refractivity contribution in [1.82, 2.24) is 0 Å². The van der Waals surface area contributed by atoms with Crippen molar-refractivity contribution in [3.05, 3.63) is 12.3 Å². The molecule has 3 atom stereocenters. The Kier molecular flexibility index (Phi) is 4.82. The van der Waals surface area contributed by atoms with E-state index in [1.54, 1.807) is 0 Å². The molecule has 2 aliphatic rings. The van der Waals surface area contributed by atoms with Crippen LogP contribution in [0.4, 0.5) is 0 Å². The van der Waals surface area contributed by atoms with Crippen LogP contribution in [-0.2, 0) is 4.79 Å². The first kappa shape index (κ1) is 13.5. The number of hydrogen-bond donors (Lipinski definition) is 1. The van der Waals surface area contributed by atoms with Crippen molar-refractivity contribution in [2.45, 2.75) is 47.0 Å². The third kappa shape index (κ3) is 5.53. The maximum Gasteiger partial charge on any atom is 0.303 e. The fourth-order valence-corrected chi connectivity index (χ4v) is 1.84. The van der Waals surface area contributed by atoms with E-state index in [-0.39, 0.29) is 0 Å². The van der Waals surface area contributed by atoms with Crippen molar-refractivity contribution < 1.29 is 9.90 Å². The molecule has 2 aliphatic carbocycles. The highest BCUT2D eigenvalue weighted by Gasteiger charge is 2.34. The van der Waals surface area contributed by atoms with Crippen molar-refractivity contribution >= 4 is 5.97 Å². The lowest BCUT2D eigenvalue weighted by atomic mass is 10.1. The molecular weight excluding hydrogens is 200 g/mol. The summed E-state index contributed by atoms with van der Waals surface area (Å²) in [6.07, 6.45) is 6.04. The van der Waals surface area contributed by atoms with Crippen molar-refractivity contribution in [1.29, 1.82) is 0 Å². The van der Waals surface area contributed by atoms with E-state index >= 15 is 0 Å². The van der Waals surface area contributed by atoms with E-state index in [1.165, 1.54) is 12.3 Å². The molecule has 0 aromatic rings. The Labute approximate surface area is 99.4 Å². The number of rotatable bonds is 4. The fourth-order valence-electron chi connectivity index (χ4n) is 1.84. The molecule has 91 valence electrons. The number of carboxylic acid groups (broad SMARTS) is 1. The molecule has 2 nitrogen and oxygen atoms in total. The van der Waals surface area contributed by atoms with Gasteiger partial charge in [0.1, 0.15) is 0 Å². The van der Waals surface area contributed by atoms with E-state index in [2.05, 4.69) is 34.1 Å². The first-order valence-electron chi connectivity index (χ1n) is 6.22. The smallest absolute Gasteiger partial charge is 0.303 e. The Morgan fingerprint density at radius 1 is 1.50 bits per heavy atom. The Morgan fingerprint density at radius 2 is 2.00 bits per heavy atom. The Hall–Kier alpha value is -0.530. The van der Waals surface area contributed by atoms with E-state index in [0.717, 1.165) is 24.2 Å². The second-order valence-corrected chi connectivity index (χ2v) is 5.53. The molecule has 3 radical (unpaired) electrons. The molecule has 2 rings (SSSR count). The quantitative estimate of drug-likeness (QED) is 0.792. The standard InChI is InChI=1S/C8H14.C6H9O2/c1-6(2)4-8-5-7(8)3;1-4-2-5(4)3-6(7)8/h6-8H,4H2,1-3H3;4H,2-3H2,1H3,(H,7,8). The minimum atomic E-state index is -0.690. The maximum atomic E-state index is 9.97. The highest BCUT2D eigenvalue weighted by atomic mass is 16.4. The molecule has 2 fully saturated rings. The second kappa shape index (κ2) is 5.70. The topological polar surface area (TPSA) is 37.3 Å². The Morgan fingerprint density at radius 3 is 2.12 bits per heavy atom. The minimum absolute atomic E-state index is 0.293. The average molecular weight is 223 g/mol. The van der Waals surface area contributed by atoms with Gasteiger partial charge in [0.05, 0.1) is 6.42 Å². The van der Waals surface area contributed by atoms with Gasteiger partial charge in [-0.3, -0.25) is 4.79 Å². The monoisotopic (exact) mass is 223 g/mol. The molecule has 0 aromatic carbocycles. The average Bonchev–Trinajstić information content (AvgIpc) is 2.96. The van der Waals surface area contributed by atoms with Crippen LogP contribution < -0.4 is 0 Å². The van der Waals surface area contributed by atoms with Gasteiger partial charge in [-0.05, 0) is 48.9 Å². The molecule has 2 saturated carbocycles. The van der Waals surface area contributed by atoms with Crippen LogP contribution in [0.25, 0.3) is 0 Å². The molecule has 0 heterocycles. The van der Waals surface area contributed by atoms with Gasteiger partial charge in [0.2, 0.25) is 0 Å². The van der Waals surface area contributed by atoms with Crippen LogP contribution in [0.3, 0.4) is 0 Å². The zero-order chi connectivity index (χ0) is 12.3. The molecule has 0 bridgehead atoms. The summed E-state index contributed by atoms with van der Waals surface area (Å²) >= 11 is 0. The predicted molar refractivity (Wildman–Crippen MR) is 64.6 cm³/mol. The largest absolute Gasteiger partial charge is 0.481 e. The zero-order valence-electron chi connectivity index (χ0n) is 10.8.